The lowest BCUT2D eigenvalue weighted by Gasteiger charge is -2.45. The van der Waals surface area contributed by atoms with Gasteiger partial charge in [-0.05, 0) is 72.1 Å². The number of amides is 1. The molecule has 286 valence electrons. The molecule has 0 radical (unpaired) electrons. The summed E-state index contributed by atoms with van der Waals surface area (Å²) in [6.45, 7) is 18.8. The summed E-state index contributed by atoms with van der Waals surface area (Å²) < 4.78 is 24.3. The number of anilines is 1. The molecule has 2 aromatic rings. The van der Waals surface area contributed by atoms with Crippen LogP contribution in [0.15, 0.2) is 36.4 Å². The number of primary amides is 1. The Balaban J connectivity index is 0.000000652. The third kappa shape index (κ3) is 11.7. The predicted octanol–water partition coefficient (Wildman–Crippen LogP) is 8.24. The molecule has 5 atom stereocenters. The van der Waals surface area contributed by atoms with E-state index in [1.165, 1.54) is 24.0 Å². The summed E-state index contributed by atoms with van der Waals surface area (Å²) in [4.78, 5) is 16.9. The van der Waals surface area contributed by atoms with E-state index in [1.54, 1.807) is 13.2 Å². The van der Waals surface area contributed by atoms with Crippen molar-refractivity contribution in [3.8, 4) is 5.75 Å². The van der Waals surface area contributed by atoms with Gasteiger partial charge in [0.05, 0.1) is 37.7 Å². The predicted molar refractivity (Wildman–Crippen MR) is 213 cm³/mol. The van der Waals surface area contributed by atoms with Crippen molar-refractivity contribution >= 4 is 35.8 Å². The van der Waals surface area contributed by atoms with E-state index < -0.39 is 5.91 Å². The van der Waals surface area contributed by atoms with E-state index in [2.05, 4.69) is 76.1 Å². The van der Waals surface area contributed by atoms with Crippen molar-refractivity contribution in [1.29, 1.82) is 0 Å². The number of likely N-dealkylation sites (tertiary alicyclic amines) is 1. The van der Waals surface area contributed by atoms with Gasteiger partial charge in [-0.3, -0.25) is 9.69 Å². The lowest BCUT2D eigenvalue weighted by atomic mass is 9.87. The summed E-state index contributed by atoms with van der Waals surface area (Å²) >= 11 is 10.7. The molecule has 0 aromatic heterocycles. The maximum absolute atomic E-state index is 12.1. The number of benzene rings is 2. The summed E-state index contributed by atoms with van der Waals surface area (Å²) in [5.74, 6) is 2.02. The second kappa shape index (κ2) is 20.4. The van der Waals surface area contributed by atoms with E-state index in [-0.39, 0.29) is 12.2 Å². The van der Waals surface area contributed by atoms with Crippen LogP contribution in [-0.2, 0) is 20.6 Å². The van der Waals surface area contributed by atoms with Crippen molar-refractivity contribution in [2.45, 2.75) is 110 Å². The van der Waals surface area contributed by atoms with Crippen LogP contribution in [0.25, 0.3) is 0 Å². The Kier molecular flexibility index (Phi) is 16.7. The fraction of sp³-hybridized carbons (Fsp3) is 0.683. The first-order valence-electron chi connectivity index (χ1n) is 19.3. The highest BCUT2D eigenvalue weighted by Gasteiger charge is 2.37. The lowest BCUT2D eigenvalue weighted by molar-refractivity contribution is -0.224. The van der Waals surface area contributed by atoms with E-state index in [1.807, 2.05) is 18.2 Å². The highest BCUT2D eigenvalue weighted by Crippen LogP contribution is 2.38. The molecule has 5 rings (SSSR count). The highest BCUT2D eigenvalue weighted by atomic mass is 35.5. The average Bonchev–Trinajstić information content (AvgIpc) is 3.26. The second-order valence-corrected chi connectivity index (χ2v) is 16.3. The number of hydrogen-bond donors (Lipinski definition) is 2. The number of rotatable bonds is 15. The number of aryl methyl sites for hydroxylation is 1. The lowest BCUT2D eigenvalue weighted by Crippen LogP contribution is -2.60. The molecule has 5 unspecified atom stereocenters. The van der Waals surface area contributed by atoms with Crippen LogP contribution in [0.2, 0.25) is 5.02 Å². The van der Waals surface area contributed by atoms with Crippen LogP contribution in [0.3, 0.4) is 0 Å². The van der Waals surface area contributed by atoms with Gasteiger partial charge in [0.25, 0.3) is 0 Å². The minimum atomic E-state index is -0.438. The molecule has 2 N–H and O–H groups in total. The van der Waals surface area contributed by atoms with Crippen molar-refractivity contribution < 1.29 is 23.7 Å². The number of nitrogens with two attached hydrogens (primary N) is 1. The summed E-state index contributed by atoms with van der Waals surface area (Å²) in [6.07, 6.45) is 6.61. The van der Waals surface area contributed by atoms with Crippen LogP contribution in [0.4, 0.5) is 5.69 Å². The minimum absolute atomic E-state index is 0.150. The molecule has 2 fully saturated rings. The maximum atomic E-state index is 12.1. The first-order valence-corrected chi connectivity index (χ1v) is 20.1. The fourth-order valence-electron chi connectivity index (χ4n) is 7.51. The molecule has 0 aliphatic carbocycles. The van der Waals surface area contributed by atoms with Gasteiger partial charge in [-0.2, -0.15) is 12.6 Å². The summed E-state index contributed by atoms with van der Waals surface area (Å²) in [7, 11) is 1.77. The summed E-state index contributed by atoms with van der Waals surface area (Å²) in [6, 6.07) is 12.1. The van der Waals surface area contributed by atoms with Crippen LogP contribution in [0, 0.1) is 17.8 Å². The van der Waals surface area contributed by atoms with E-state index in [0.29, 0.717) is 54.6 Å². The molecule has 1 amide bonds. The molecule has 51 heavy (non-hydrogen) atoms. The van der Waals surface area contributed by atoms with Crippen LogP contribution in [0.5, 0.6) is 5.75 Å². The van der Waals surface area contributed by atoms with Crippen molar-refractivity contribution in [2.24, 2.45) is 23.5 Å². The topological polar surface area (TPSA) is 86.5 Å². The largest absolute Gasteiger partial charge is 0.491 e. The van der Waals surface area contributed by atoms with Gasteiger partial charge in [0.1, 0.15) is 5.75 Å². The van der Waals surface area contributed by atoms with Gasteiger partial charge in [-0.1, -0.05) is 78.5 Å². The van der Waals surface area contributed by atoms with Crippen LogP contribution in [0.1, 0.15) is 101 Å². The highest BCUT2D eigenvalue weighted by molar-refractivity contribution is 7.80. The number of fused-ring (bicyclic) bond motifs is 1. The third-order valence-corrected chi connectivity index (χ3v) is 11.8. The fourth-order valence-corrected chi connectivity index (χ4v) is 7.85. The molecule has 3 aliphatic heterocycles. The third-order valence-electron chi connectivity index (χ3n) is 11.1. The Morgan fingerprint density at radius 2 is 1.73 bits per heavy atom. The molecule has 3 heterocycles. The Labute approximate surface area is 318 Å². The van der Waals surface area contributed by atoms with E-state index in [0.717, 1.165) is 74.2 Å². The molecule has 3 aliphatic rings. The van der Waals surface area contributed by atoms with Gasteiger partial charge in [0.2, 0.25) is 5.91 Å². The number of carbonyl (C=O) groups is 1. The van der Waals surface area contributed by atoms with Crippen LogP contribution in [-0.4, -0.2) is 87.6 Å². The van der Waals surface area contributed by atoms with Crippen molar-refractivity contribution in [1.82, 2.24) is 4.90 Å². The minimum Gasteiger partial charge on any atom is -0.491 e. The number of halogens is 1. The number of thiol groups is 1. The standard InChI is InChI=1S/C34H48ClN3O5.C7H16S/c1-5-7-24-12-27(35)9-10-30(24)26-16-38(31-13-25(34(36)39)8-11-32(31)41-19-26)15-22(3)23(6-2)14-33-42-20-28(21-43-33)37-17-29(18-37)40-4;1-4-5-6(2)7(3)8/h8-13,22-23,26,28-29,33H,5-7,14-21H2,1-4H3,(H2,36,39);6-8H,4-5H2,1-3H3. The van der Waals surface area contributed by atoms with Crippen molar-refractivity contribution in [3.63, 3.8) is 0 Å². The Morgan fingerprint density at radius 3 is 2.31 bits per heavy atom. The molecule has 2 aromatic carbocycles. The van der Waals surface area contributed by atoms with Gasteiger partial charge in [0.15, 0.2) is 6.29 Å². The molecular formula is C41H64ClN3O5S. The second-order valence-electron chi connectivity index (χ2n) is 15.0. The van der Waals surface area contributed by atoms with Gasteiger partial charge < -0.3 is 29.6 Å². The zero-order valence-electron chi connectivity index (χ0n) is 32.1. The Bertz CT molecular complexity index is 1370. The Hall–Kier alpha value is -2.01. The first kappa shape index (κ1) is 41.7. The average molecular weight is 746 g/mol. The van der Waals surface area contributed by atoms with E-state index >= 15 is 0 Å². The van der Waals surface area contributed by atoms with Crippen molar-refractivity contribution in [2.75, 3.05) is 58.0 Å². The number of nitrogens with zero attached hydrogens (tertiary/aromatic N) is 2. The van der Waals surface area contributed by atoms with Gasteiger partial charge in [0, 0.05) is 61.5 Å². The van der Waals surface area contributed by atoms with Crippen LogP contribution >= 0.6 is 24.2 Å². The number of carbonyl (C=O) groups excluding carboxylic acids is 1. The molecule has 0 spiro atoms. The molecule has 0 saturated carbocycles. The molecule has 8 nitrogen and oxygen atoms in total. The van der Waals surface area contributed by atoms with E-state index in [9.17, 15) is 4.79 Å². The van der Waals surface area contributed by atoms with Crippen LogP contribution < -0.4 is 15.4 Å². The summed E-state index contributed by atoms with van der Waals surface area (Å²) in [5.41, 5.74) is 9.65. The SMILES string of the molecule is CCCC(C)C(C)S.CCCc1cc(Cl)ccc1C1COc2ccc(C(N)=O)cc2N(CC(C)C(CC)CC2OCC(N3CC(OC)C3)CO2)C1. The maximum Gasteiger partial charge on any atom is 0.248 e. The summed E-state index contributed by atoms with van der Waals surface area (Å²) in [5, 5.41) is 1.32. The molecule has 2 saturated heterocycles. The van der Waals surface area contributed by atoms with E-state index in [4.69, 9.17) is 36.3 Å². The van der Waals surface area contributed by atoms with Crippen molar-refractivity contribution in [3.05, 3.63) is 58.1 Å². The smallest absolute Gasteiger partial charge is 0.248 e. The molecular weight excluding hydrogens is 682 g/mol. The monoisotopic (exact) mass is 745 g/mol. The zero-order chi connectivity index (χ0) is 37.1. The molecule has 0 bridgehead atoms. The van der Waals surface area contributed by atoms with Gasteiger partial charge in [-0.15, -0.1) is 0 Å². The van der Waals surface area contributed by atoms with Gasteiger partial charge >= 0.3 is 0 Å². The quantitative estimate of drug-likeness (QED) is 0.178. The zero-order valence-corrected chi connectivity index (χ0v) is 33.8. The number of methoxy groups -OCH3 is 1. The Morgan fingerprint density at radius 1 is 1.00 bits per heavy atom. The first-order chi connectivity index (χ1) is 24.5. The normalized spacial score (nSPS) is 23.4. The number of hydrogen-bond acceptors (Lipinski definition) is 8. The molecule has 10 heteroatoms. The van der Waals surface area contributed by atoms with Gasteiger partial charge in [-0.25, -0.2) is 0 Å². The number of ether oxygens (including phenoxy) is 4.